The van der Waals surface area contributed by atoms with Crippen LogP contribution in [0.1, 0.15) is 5.56 Å². The first kappa shape index (κ1) is 16.1. The van der Waals surface area contributed by atoms with E-state index in [1.807, 2.05) is 18.2 Å². The number of nitrogens with one attached hydrogen (secondary N) is 1. The highest BCUT2D eigenvalue weighted by atomic mass is 35.7. The van der Waals surface area contributed by atoms with Gasteiger partial charge in [-0.1, -0.05) is 30.3 Å². The molecule has 0 saturated carbocycles. The largest absolute Gasteiger partial charge is 0.445 e. The van der Waals surface area contributed by atoms with E-state index in [1.165, 1.54) is 0 Å². The molecule has 1 N–H and O–H groups in total. The average Bonchev–Trinajstić information content (AvgIpc) is 2.35. The molecule has 8 heteroatoms. The van der Waals surface area contributed by atoms with Crippen molar-refractivity contribution >= 4 is 37.4 Å². The smallest absolute Gasteiger partial charge is 0.407 e. The van der Waals surface area contributed by atoms with Crippen LogP contribution in [-0.4, -0.2) is 32.2 Å². The van der Waals surface area contributed by atoms with Crippen molar-refractivity contribution in [3.63, 3.8) is 0 Å². The van der Waals surface area contributed by atoms with Crippen LogP contribution in [-0.2, 0) is 20.4 Å². The predicted octanol–water partition coefficient (Wildman–Crippen LogP) is 2.09. The lowest BCUT2D eigenvalue weighted by Gasteiger charge is -2.14. The van der Waals surface area contributed by atoms with Gasteiger partial charge >= 0.3 is 6.09 Å². The molecule has 1 amide bonds. The highest BCUT2D eigenvalue weighted by Crippen LogP contribution is 2.04. The number of amides is 1. The molecule has 0 aromatic heterocycles. The van der Waals surface area contributed by atoms with E-state index in [9.17, 15) is 13.2 Å². The number of halogens is 2. The Morgan fingerprint density at radius 3 is 2.47 bits per heavy atom. The number of carbonyl (C=O) groups is 1. The molecule has 1 atom stereocenters. The van der Waals surface area contributed by atoms with E-state index < -0.39 is 26.9 Å². The zero-order valence-electron chi connectivity index (χ0n) is 9.88. The van der Waals surface area contributed by atoms with Gasteiger partial charge in [0.05, 0.1) is 11.8 Å². The van der Waals surface area contributed by atoms with Crippen LogP contribution in [0.15, 0.2) is 30.3 Å². The zero-order chi connectivity index (χ0) is 14.3. The van der Waals surface area contributed by atoms with E-state index in [0.717, 1.165) is 5.56 Å². The van der Waals surface area contributed by atoms with E-state index in [-0.39, 0.29) is 12.5 Å². The van der Waals surface area contributed by atoms with Gasteiger partial charge in [0.15, 0.2) is 0 Å². The monoisotopic (exact) mass is 325 g/mol. The standard InChI is InChI=1S/C11H13Cl2NO4S/c12-6-10(8-19(13,16)17)14-11(15)18-7-9-4-2-1-3-5-9/h1-5,10H,6-8H2,(H,14,15). The summed E-state index contributed by atoms with van der Waals surface area (Å²) in [6, 6.07) is 8.30. The fourth-order valence-electron chi connectivity index (χ4n) is 1.30. The Hall–Kier alpha value is -0.980. The minimum Gasteiger partial charge on any atom is -0.445 e. The van der Waals surface area contributed by atoms with Crippen LogP contribution in [0.25, 0.3) is 0 Å². The van der Waals surface area contributed by atoms with Gasteiger partial charge in [-0.3, -0.25) is 0 Å². The SMILES string of the molecule is O=C(NC(CCl)CS(=O)(=O)Cl)OCc1ccccc1. The topological polar surface area (TPSA) is 72.5 Å². The predicted molar refractivity (Wildman–Crippen MR) is 73.9 cm³/mol. The highest BCUT2D eigenvalue weighted by molar-refractivity contribution is 8.13. The van der Waals surface area contributed by atoms with Gasteiger partial charge in [0.2, 0.25) is 9.05 Å². The van der Waals surface area contributed by atoms with Gasteiger partial charge in [0.25, 0.3) is 0 Å². The first-order chi connectivity index (χ1) is 8.90. The third-order valence-corrected chi connectivity index (χ3v) is 3.67. The number of benzene rings is 1. The minimum atomic E-state index is -3.73. The summed E-state index contributed by atoms with van der Waals surface area (Å²) in [7, 11) is 1.35. The maximum absolute atomic E-state index is 11.4. The van der Waals surface area contributed by atoms with E-state index >= 15 is 0 Å². The van der Waals surface area contributed by atoms with Crippen LogP contribution in [0.2, 0.25) is 0 Å². The molecule has 0 spiro atoms. The van der Waals surface area contributed by atoms with Crippen molar-refractivity contribution in [2.24, 2.45) is 0 Å². The van der Waals surface area contributed by atoms with Crippen molar-refractivity contribution in [2.75, 3.05) is 11.6 Å². The Morgan fingerprint density at radius 2 is 1.95 bits per heavy atom. The molecule has 0 heterocycles. The molecule has 0 saturated heterocycles. The third kappa shape index (κ3) is 7.25. The number of carbonyl (C=O) groups excluding carboxylic acids is 1. The molecular formula is C11H13Cl2NO4S. The fraction of sp³-hybridized carbons (Fsp3) is 0.364. The first-order valence-electron chi connectivity index (χ1n) is 5.36. The van der Waals surface area contributed by atoms with E-state index in [1.54, 1.807) is 12.1 Å². The summed E-state index contributed by atoms with van der Waals surface area (Å²) >= 11 is 5.54. The quantitative estimate of drug-likeness (QED) is 0.642. The molecule has 106 valence electrons. The third-order valence-electron chi connectivity index (χ3n) is 2.12. The minimum absolute atomic E-state index is 0.0770. The molecule has 1 unspecified atom stereocenters. The van der Waals surface area contributed by atoms with Crippen molar-refractivity contribution in [2.45, 2.75) is 12.6 Å². The van der Waals surface area contributed by atoms with Gasteiger partial charge in [-0.15, -0.1) is 11.6 Å². The van der Waals surface area contributed by atoms with Crippen molar-refractivity contribution < 1.29 is 17.9 Å². The molecule has 0 aliphatic heterocycles. The Kier molecular flexibility index (Phi) is 6.41. The molecular weight excluding hydrogens is 313 g/mol. The fourth-order valence-corrected chi connectivity index (χ4v) is 2.75. The lowest BCUT2D eigenvalue weighted by atomic mass is 10.2. The van der Waals surface area contributed by atoms with Crippen molar-refractivity contribution in [1.82, 2.24) is 5.32 Å². The van der Waals surface area contributed by atoms with Crippen LogP contribution in [0.5, 0.6) is 0 Å². The molecule has 0 aliphatic rings. The maximum atomic E-state index is 11.4. The van der Waals surface area contributed by atoms with Gasteiger partial charge in [-0.05, 0) is 5.56 Å². The summed E-state index contributed by atoms with van der Waals surface area (Å²) < 4.78 is 26.7. The van der Waals surface area contributed by atoms with Gasteiger partial charge in [-0.2, -0.15) is 0 Å². The molecule has 5 nitrogen and oxygen atoms in total. The van der Waals surface area contributed by atoms with E-state index in [2.05, 4.69) is 5.32 Å². The highest BCUT2D eigenvalue weighted by Gasteiger charge is 2.19. The summed E-state index contributed by atoms with van der Waals surface area (Å²) in [5, 5.41) is 2.34. The number of ether oxygens (including phenoxy) is 1. The van der Waals surface area contributed by atoms with Crippen LogP contribution in [0.3, 0.4) is 0 Å². The Bertz CT molecular complexity index is 507. The normalized spacial score (nSPS) is 12.7. The van der Waals surface area contributed by atoms with Crippen molar-refractivity contribution in [3.05, 3.63) is 35.9 Å². The molecule has 0 aliphatic carbocycles. The van der Waals surface area contributed by atoms with Gasteiger partial charge < -0.3 is 10.1 Å². The van der Waals surface area contributed by atoms with Gasteiger partial charge in [0.1, 0.15) is 6.61 Å². The number of alkyl halides is 1. The van der Waals surface area contributed by atoms with Crippen LogP contribution in [0, 0.1) is 0 Å². The van der Waals surface area contributed by atoms with Crippen LogP contribution in [0.4, 0.5) is 4.79 Å². The molecule has 0 fully saturated rings. The molecule has 19 heavy (non-hydrogen) atoms. The molecule has 1 aromatic rings. The zero-order valence-corrected chi connectivity index (χ0v) is 12.2. The Balaban J connectivity index is 2.41. The second-order valence-corrected chi connectivity index (χ2v) is 6.89. The van der Waals surface area contributed by atoms with Gasteiger partial charge in [0, 0.05) is 16.6 Å². The Labute approximate surface area is 121 Å². The van der Waals surface area contributed by atoms with Gasteiger partial charge in [-0.25, -0.2) is 13.2 Å². The lowest BCUT2D eigenvalue weighted by molar-refractivity contribution is 0.137. The van der Waals surface area contributed by atoms with Crippen molar-refractivity contribution in [1.29, 1.82) is 0 Å². The van der Waals surface area contributed by atoms with Crippen LogP contribution >= 0.6 is 22.3 Å². The van der Waals surface area contributed by atoms with E-state index in [0.29, 0.717) is 0 Å². The molecule has 1 rings (SSSR count). The summed E-state index contributed by atoms with van der Waals surface area (Å²) in [5.41, 5.74) is 0.824. The first-order valence-corrected chi connectivity index (χ1v) is 8.37. The second kappa shape index (κ2) is 7.57. The summed E-state index contributed by atoms with van der Waals surface area (Å²) in [6.07, 6.45) is -0.741. The Morgan fingerprint density at radius 1 is 1.32 bits per heavy atom. The number of alkyl carbamates (subject to hydrolysis) is 1. The van der Waals surface area contributed by atoms with E-state index in [4.69, 9.17) is 27.0 Å². The molecule has 1 aromatic carbocycles. The summed E-state index contributed by atoms with van der Waals surface area (Å²) in [4.78, 5) is 11.4. The van der Waals surface area contributed by atoms with Crippen LogP contribution < -0.4 is 5.32 Å². The number of hydrogen-bond donors (Lipinski definition) is 1. The number of rotatable bonds is 6. The lowest BCUT2D eigenvalue weighted by Crippen LogP contribution is -2.40. The summed E-state index contributed by atoms with van der Waals surface area (Å²) in [5.74, 6) is -0.523. The maximum Gasteiger partial charge on any atom is 0.407 e. The van der Waals surface area contributed by atoms with Crippen molar-refractivity contribution in [3.8, 4) is 0 Å². The summed E-state index contributed by atoms with van der Waals surface area (Å²) in [6.45, 7) is 0.0926. The average molecular weight is 326 g/mol. The molecule has 0 radical (unpaired) electrons. The molecule has 0 bridgehead atoms. The second-order valence-electron chi connectivity index (χ2n) is 3.76. The number of hydrogen-bond acceptors (Lipinski definition) is 4.